The van der Waals surface area contributed by atoms with Crippen molar-refractivity contribution >= 4 is 17.5 Å². The van der Waals surface area contributed by atoms with Crippen LogP contribution in [-0.2, 0) is 0 Å². The lowest BCUT2D eigenvalue weighted by Gasteiger charge is -2.17. The van der Waals surface area contributed by atoms with Crippen LogP contribution in [0.2, 0.25) is 0 Å². The number of anilines is 1. The third-order valence-corrected chi connectivity index (χ3v) is 4.83. The van der Waals surface area contributed by atoms with Crippen LogP contribution in [0.4, 0.5) is 5.82 Å². The van der Waals surface area contributed by atoms with E-state index in [9.17, 15) is 9.59 Å². The molecule has 2 aromatic heterocycles. The van der Waals surface area contributed by atoms with Crippen molar-refractivity contribution in [1.82, 2.24) is 14.5 Å². The molecule has 7 nitrogen and oxygen atoms in total. The van der Waals surface area contributed by atoms with Crippen LogP contribution in [0, 0.1) is 6.92 Å². The summed E-state index contributed by atoms with van der Waals surface area (Å²) in [5, 5.41) is 0. The molecule has 3 aromatic rings. The van der Waals surface area contributed by atoms with Crippen LogP contribution in [0.5, 0.6) is 0 Å². The smallest absolute Gasteiger partial charge is 0.249 e. The molecule has 27 heavy (non-hydrogen) atoms. The molecular formula is C20H19N5O2. The molecule has 2 heterocycles. The molecule has 1 amide bonds. The number of amides is 1. The Morgan fingerprint density at radius 1 is 1.15 bits per heavy atom. The van der Waals surface area contributed by atoms with Crippen molar-refractivity contribution < 1.29 is 9.59 Å². The fraction of sp³-hybridized carbons (Fsp3) is 0.200. The Hall–Kier alpha value is -3.48. The van der Waals surface area contributed by atoms with Gasteiger partial charge in [-0.05, 0) is 55.0 Å². The van der Waals surface area contributed by atoms with E-state index in [1.165, 1.54) is 6.33 Å². The Labute approximate surface area is 156 Å². The average molecular weight is 361 g/mol. The summed E-state index contributed by atoms with van der Waals surface area (Å²) < 4.78 is 1.67. The van der Waals surface area contributed by atoms with Gasteiger partial charge in [-0.1, -0.05) is 12.1 Å². The van der Waals surface area contributed by atoms with Gasteiger partial charge in [0.05, 0.1) is 5.69 Å². The lowest BCUT2D eigenvalue weighted by molar-refractivity contribution is 0.0997. The number of pyridine rings is 1. The molecule has 0 unspecified atom stereocenters. The number of primary amides is 1. The second-order valence-corrected chi connectivity index (χ2v) is 6.72. The molecule has 1 aliphatic carbocycles. The average Bonchev–Trinajstić information content (AvgIpc) is 3.44. The van der Waals surface area contributed by atoms with Crippen molar-refractivity contribution in [3.8, 4) is 5.69 Å². The molecule has 0 spiro atoms. The lowest BCUT2D eigenvalue weighted by Crippen LogP contribution is -2.17. The summed E-state index contributed by atoms with van der Waals surface area (Å²) in [6, 6.07) is 8.68. The van der Waals surface area contributed by atoms with Gasteiger partial charge in [0, 0.05) is 11.8 Å². The topological polar surface area (TPSA) is 117 Å². The fourth-order valence-electron chi connectivity index (χ4n) is 3.37. The molecule has 0 bridgehead atoms. The van der Waals surface area contributed by atoms with Crippen LogP contribution in [0.15, 0.2) is 42.9 Å². The number of ketones is 1. The number of aromatic nitrogens is 3. The van der Waals surface area contributed by atoms with Crippen LogP contribution in [-0.4, -0.2) is 26.2 Å². The molecular weight excluding hydrogens is 342 g/mol. The summed E-state index contributed by atoms with van der Waals surface area (Å²) in [6.07, 6.45) is 5.05. The number of nitrogens with two attached hydrogens (primary N) is 2. The quantitative estimate of drug-likeness (QED) is 0.677. The minimum absolute atomic E-state index is 0.138. The van der Waals surface area contributed by atoms with E-state index in [1.807, 2.05) is 13.0 Å². The molecule has 0 radical (unpaired) electrons. The normalized spacial score (nSPS) is 13.5. The first-order chi connectivity index (χ1) is 13.0. The Morgan fingerprint density at radius 3 is 2.56 bits per heavy atom. The number of rotatable bonds is 5. The highest BCUT2D eigenvalue weighted by molar-refractivity contribution is 6.09. The number of hydrogen-bond donors (Lipinski definition) is 2. The zero-order chi connectivity index (χ0) is 19.1. The third kappa shape index (κ3) is 2.87. The van der Waals surface area contributed by atoms with E-state index in [-0.39, 0.29) is 28.9 Å². The van der Waals surface area contributed by atoms with Crippen LogP contribution in [0.25, 0.3) is 5.69 Å². The van der Waals surface area contributed by atoms with Crippen LogP contribution >= 0.6 is 0 Å². The molecule has 136 valence electrons. The molecule has 4 rings (SSSR count). The molecule has 0 aliphatic heterocycles. The summed E-state index contributed by atoms with van der Waals surface area (Å²) >= 11 is 0. The minimum Gasteiger partial charge on any atom is -0.383 e. The van der Waals surface area contributed by atoms with Gasteiger partial charge in [-0.25, -0.2) is 4.98 Å². The van der Waals surface area contributed by atoms with Crippen LogP contribution in [0.3, 0.4) is 0 Å². The van der Waals surface area contributed by atoms with Gasteiger partial charge in [-0.2, -0.15) is 0 Å². The third-order valence-electron chi connectivity index (χ3n) is 4.83. The second kappa shape index (κ2) is 6.35. The Morgan fingerprint density at radius 2 is 1.93 bits per heavy atom. The summed E-state index contributed by atoms with van der Waals surface area (Å²) in [6.45, 7) is 1.94. The zero-order valence-electron chi connectivity index (χ0n) is 14.8. The van der Waals surface area contributed by atoms with Gasteiger partial charge in [-0.3, -0.25) is 19.1 Å². The van der Waals surface area contributed by atoms with Gasteiger partial charge in [0.15, 0.2) is 5.69 Å². The van der Waals surface area contributed by atoms with Crippen LogP contribution < -0.4 is 11.5 Å². The summed E-state index contributed by atoms with van der Waals surface area (Å²) in [7, 11) is 0. The molecule has 1 saturated carbocycles. The first-order valence-corrected chi connectivity index (χ1v) is 8.71. The van der Waals surface area contributed by atoms with Gasteiger partial charge in [0.2, 0.25) is 11.7 Å². The minimum atomic E-state index is -0.471. The number of imidazole rings is 1. The van der Waals surface area contributed by atoms with Crippen LogP contribution in [0.1, 0.15) is 56.4 Å². The SMILES string of the molecule is Cc1ccc(C(N)=O)c(C2CC2)c1-n1cnc(C(=O)c2ccccn2)c1N. The first-order valence-electron chi connectivity index (χ1n) is 8.71. The van der Waals surface area contributed by atoms with E-state index in [0.717, 1.165) is 29.7 Å². The highest BCUT2D eigenvalue weighted by atomic mass is 16.1. The predicted octanol–water partition coefficient (Wildman–Crippen LogP) is 2.37. The second-order valence-electron chi connectivity index (χ2n) is 6.72. The fourth-order valence-corrected chi connectivity index (χ4v) is 3.37. The maximum Gasteiger partial charge on any atom is 0.249 e. The van der Waals surface area contributed by atoms with Gasteiger partial charge >= 0.3 is 0 Å². The zero-order valence-corrected chi connectivity index (χ0v) is 14.8. The van der Waals surface area contributed by atoms with E-state index in [4.69, 9.17) is 11.5 Å². The highest BCUT2D eigenvalue weighted by Gasteiger charge is 2.32. The standard InChI is InChI=1S/C20H19N5O2/c1-11-5-8-13(20(22)27)15(12-6-7-12)17(11)25-10-24-16(19(25)21)18(26)14-4-2-3-9-23-14/h2-5,8-10,12H,6-7,21H2,1H3,(H2,22,27). The molecule has 1 fully saturated rings. The molecule has 7 heteroatoms. The molecule has 4 N–H and O–H groups in total. The van der Waals surface area contributed by atoms with Gasteiger partial charge in [-0.15, -0.1) is 0 Å². The number of hydrogen-bond acceptors (Lipinski definition) is 5. The molecule has 0 atom stereocenters. The maximum atomic E-state index is 12.7. The highest BCUT2D eigenvalue weighted by Crippen LogP contribution is 2.45. The number of nitrogens with zero attached hydrogens (tertiary/aromatic N) is 3. The van der Waals surface area contributed by atoms with Gasteiger partial charge in [0.25, 0.3) is 0 Å². The van der Waals surface area contributed by atoms with E-state index >= 15 is 0 Å². The number of aryl methyl sites for hydroxylation is 1. The first kappa shape index (κ1) is 17.0. The number of carbonyl (C=O) groups is 2. The molecule has 1 aromatic carbocycles. The predicted molar refractivity (Wildman–Crippen MR) is 101 cm³/mol. The summed E-state index contributed by atoms with van der Waals surface area (Å²) in [5.74, 6) is -0.332. The molecule has 1 aliphatic rings. The van der Waals surface area contributed by atoms with Crippen molar-refractivity contribution in [2.75, 3.05) is 5.73 Å². The van der Waals surface area contributed by atoms with Crippen molar-refractivity contribution in [1.29, 1.82) is 0 Å². The Balaban J connectivity index is 1.87. The number of carbonyl (C=O) groups excluding carboxylic acids is 2. The Bertz CT molecular complexity index is 1050. The molecule has 0 saturated heterocycles. The van der Waals surface area contributed by atoms with Crippen molar-refractivity contribution in [2.45, 2.75) is 25.7 Å². The van der Waals surface area contributed by atoms with Crippen molar-refractivity contribution in [3.63, 3.8) is 0 Å². The summed E-state index contributed by atoms with van der Waals surface area (Å²) in [4.78, 5) is 33.0. The Kier molecular flexibility index (Phi) is 3.99. The summed E-state index contributed by atoms with van der Waals surface area (Å²) in [5.41, 5.74) is 15.4. The number of benzene rings is 1. The van der Waals surface area contributed by atoms with Gasteiger partial charge < -0.3 is 11.5 Å². The monoisotopic (exact) mass is 361 g/mol. The number of nitrogen functional groups attached to an aromatic ring is 1. The van der Waals surface area contributed by atoms with E-state index in [1.54, 1.807) is 35.0 Å². The largest absolute Gasteiger partial charge is 0.383 e. The van der Waals surface area contributed by atoms with E-state index in [2.05, 4.69) is 9.97 Å². The van der Waals surface area contributed by atoms with Crippen molar-refractivity contribution in [2.24, 2.45) is 5.73 Å². The van der Waals surface area contributed by atoms with E-state index < -0.39 is 5.91 Å². The van der Waals surface area contributed by atoms with Gasteiger partial charge in [0.1, 0.15) is 17.8 Å². The lowest BCUT2D eigenvalue weighted by atomic mass is 9.96. The van der Waals surface area contributed by atoms with E-state index in [0.29, 0.717) is 5.56 Å². The maximum absolute atomic E-state index is 12.7. The van der Waals surface area contributed by atoms with Crippen molar-refractivity contribution in [3.05, 3.63) is 70.9 Å².